The molecule has 4 nitrogen and oxygen atoms in total. The van der Waals surface area contributed by atoms with E-state index < -0.39 is 11.7 Å². The number of amides is 1. The molecule has 116 valence electrons. The quantitative estimate of drug-likeness (QED) is 0.894. The molecule has 2 rings (SSSR count). The second kappa shape index (κ2) is 6.85. The Bertz CT molecular complexity index is 722. The molecule has 2 aromatic carbocycles. The van der Waals surface area contributed by atoms with E-state index in [4.69, 9.17) is 32.7 Å². The van der Waals surface area contributed by atoms with Gasteiger partial charge in [-0.1, -0.05) is 23.2 Å². The molecule has 0 aliphatic heterocycles. The Morgan fingerprint density at radius 2 is 1.73 bits per heavy atom. The molecule has 0 saturated carbocycles. The molecule has 0 unspecified atom stereocenters. The van der Waals surface area contributed by atoms with E-state index >= 15 is 0 Å². The third-order valence-corrected chi connectivity index (χ3v) is 3.51. The van der Waals surface area contributed by atoms with E-state index in [-0.39, 0.29) is 10.6 Å². The Morgan fingerprint density at radius 3 is 2.32 bits per heavy atom. The summed E-state index contributed by atoms with van der Waals surface area (Å²) in [6.07, 6.45) is 0. The van der Waals surface area contributed by atoms with Crippen molar-refractivity contribution in [3.05, 3.63) is 51.8 Å². The van der Waals surface area contributed by atoms with Crippen LogP contribution in [-0.2, 0) is 0 Å². The van der Waals surface area contributed by atoms with Gasteiger partial charge >= 0.3 is 0 Å². The zero-order valence-corrected chi connectivity index (χ0v) is 13.3. The number of anilines is 1. The standard InChI is InChI=1S/C15H12Cl2FNO3/c1-21-13-7-12(14(22-2)6-11(13)17)19-15(20)9-4-3-8(18)5-10(9)16/h3-7H,1-2H3,(H,19,20). The maximum atomic E-state index is 13.0. The van der Waals surface area contributed by atoms with Crippen LogP contribution in [0.2, 0.25) is 10.0 Å². The van der Waals surface area contributed by atoms with Crippen molar-refractivity contribution in [2.45, 2.75) is 0 Å². The van der Waals surface area contributed by atoms with Crippen LogP contribution in [0.25, 0.3) is 0 Å². The third-order valence-electron chi connectivity index (χ3n) is 2.90. The Kier molecular flexibility index (Phi) is 5.11. The predicted octanol–water partition coefficient (Wildman–Crippen LogP) is 4.40. The van der Waals surface area contributed by atoms with Gasteiger partial charge in [-0.2, -0.15) is 0 Å². The first-order valence-electron chi connectivity index (χ1n) is 6.14. The first-order chi connectivity index (χ1) is 10.5. The minimum absolute atomic E-state index is 0.0115. The van der Waals surface area contributed by atoms with Crippen LogP contribution in [0.5, 0.6) is 11.5 Å². The molecule has 0 saturated heterocycles. The molecular weight excluding hydrogens is 332 g/mol. The van der Waals surface area contributed by atoms with Gasteiger partial charge in [0.1, 0.15) is 17.3 Å². The van der Waals surface area contributed by atoms with Gasteiger partial charge in [0.2, 0.25) is 0 Å². The van der Waals surface area contributed by atoms with Crippen molar-refractivity contribution in [2.24, 2.45) is 0 Å². The van der Waals surface area contributed by atoms with Crippen LogP contribution in [0, 0.1) is 5.82 Å². The molecule has 2 aromatic rings. The van der Waals surface area contributed by atoms with E-state index in [0.29, 0.717) is 22.2 Å². The number of halogens is 3. The molecular formula is C15H12Cl2FNO3. The fourth-order valence-electron chi connectivity index (χ4n) is 1.82. The average molecular weight is 344 g/mol. The van der Waals surface area contributed by atoms with E-state index in [1.165, 1.54) is 32.4 Å². The van der Waals surface area contributed by atoms with Gasteiger partial charge in [-0.05, 0) is 18.2 Å². The number of nitrogens with one attached hydrogen (secondary N) is 1. The lowest BCUT2D eigenvalue weighted by molar-refractivity contribution is 0.102. The van der Waals surface area contributed by atoms with Crippen molar-refractivity contribution >= 4 is 34.8 Å². The van der Waals surface area contributed by atoms with E-state index in [1.54, 1.807) is 0 Å². The summed E-state index contributed by atoms with van der Waals surface area (Å²) in [5.41, 5.74) is 0.494. The molecule has 1 N–H and O–H groups in total. The zero-order chi connectivity index (χ0) is 16.3. The van der Waals surface area contributed by atoms with Gasteiger partial charge in [0.25, 0.3) is 5.91 Å². The normalized spacial score (nSPS) is 10.2. The Labute approximate surface area is 136 Å². The number of hydrogen-bond acceptors (Lipinski definition) is 3. The number of ether oxygens (including phenoxy) is 2. The first kappa shape index (κ1) is 16.4. The molecule has 7 heteroatoms. The van der Waals surface area contributed by atoms with E-state index in [1.807, 2.05) is 0 Å². The molecule has 0 aliphatic carbocycles. The highest BCUT2D eigenvalue weighted by Crippen LogP contribution is 2.36. The van der Waals surface area contributed by atoms with Gasteiger partial charge in [-0.15, -0.1) is 0 Å². The van der Waals surface area contributed by atoms with Crippen molar-refractivity contribution < 1.29 is 18.7 Å². The minimum atomic E-state index is -0.521. The van der Waals surface area contributed by atoms with Gasteiger partial charge in [-0.25, -0.2) is 4.39 Å². The van der Waals surface area contributed by atoms with Gasteiger partial charge in [-0.3, -0.25) is 4.79 Å². The molecule has 1 amide bonds. The zero-order valence-electron chi connectivity index (χ0n) is 11.7. The number of benzene rings is 2. The highest BCUT2D eigenvalue weighted by atomic mass is 35.5. The van der Waals surface area contributed by atoms with Crippen LogP contribution in [0.4, 0.5) is 10.1 Å². The number of rotatable bonds is 4. The van der Waals surface area contributed by atoms with Crippen LogP contribution < -0.4 is 14.8 Å². The Morgan fingerprint density at radius 1 is 1.05 bits per heavy atom. The summed E-state index contributed by atoms with van der Waals surface area (Å²) in [4.78, 5) is 12.3. The summed E-state index contributed by atoms with van der Waals surface area (Å²) >= 11 is 11.9. The summed E-state index contributed by atoms with van der Waals surface area (Å²) < 4.78 is 23.3. The summed E-state index contributed by atoms with van der Waals surface area (Å²) in [5.74, 6) is -0.291. The topological polar surface area (TPSA) is 47.6 Å². The van der Waals surface area contributed by atoms with Crippen LogP contribution in [0.15, 0.2) is 30.3 Å². The van der Waals surface area contributed by atoms with Crippen molar-refractivity contribution in [1.82, 2.24) is 0 Å². The second-order valence-corrected chi connectivity index (χ2v) is 5.08. The average Bonchev–Trinajstić information content (AvgIpc) is 2.48. The van der Waals surface area contributed by atoms with Gasteiger partial charge in [0.05, 0.1) is 35.5 Å². The van der Waals surface area contributed by atoms with Crippen LogP contribution >= 0.6 is 23.2 Å². The molecule has 0 bridgehead atoms. The molecule has 0 aromatic heterocycles. The van der Waals surface area contributed by atoms with Gasteiger partial charge in [0.15, 0.2) is 0 Å². The van der Waals surface area contributed by atoms with E-state index in [9.17, 15) is 9.18 Å². The Balaban J connectivity index is 2.35. The fraction of sp³-hybridized carbons (Fsp3) is 0.133. The maximum absolute atomic E-state index is 13.0. The third kappa shape index (κ3) is 3.43. The van der Waals surface area contributed by atoms with Crippen molar-refractivity contribution in [2.75, 3.05) is 19.5 Å². The molecule has 0 radical (unpaired) electrons. The predicted molar refractivity (Wildman–Crippen MR) is 83.9 cm³/mol. The monoisotopic (exact) mass is 343 g/mol. The molecule has 0 fully saturated rings. The minimum Gasteiger partial charge on any atom is -0.495 e. The van der Waals surface area contributed by atoms with Gasteiger partial charge in [0, 0.05) is 12.1 Å². The van der Waals surface area contributed by atoms with Crippen LogP contribution in [-0.4, -0.2) is 20.1 Å². The first-order valence-corrected chi connectivity index (χ1v) is 6.89. The summed E-state index contributed by atoms with van der Waals surface area (Å²) in [7, 11) is 2.90. The second-order valence-electron chi connectivity index (χ2n) is 4.27. The molecule has 0 aliphatic rings. The summed E-state index contributed by atoms with van der Waals surface area (Å²) in [6.45, 7) is 0. The molecule has 0 atom stereocenters. The fourth-order valence-corrected chi connectivity index (χ4v) is 2.31. The number of methoxy groups -OCH3 is 2. The van der Waals surface area contributed by atoms with E-state index in [2.05, 4.69) is 5.32 Å². The largest absolute Gasteiger partial charge is 0.495 e. The lowest BCUT2D eigenvalue weighted by Crippen LogP contribution is -2.13. The van der Waals surface area contributed by atoms with Gasteiger partial charge < -0.3 is 14.8 Å². The molecule has 22 heavy (non-hydrogen) atoms. The Hall–Kier alpha value is -1.98. The highest BCUT2D eigenvalue weighted by Gasteiger charge is 2.16. The number of hydrogen-bond donors (Lipinski definition) is 1. The summed E-state index contributed by atoms with van der Waals surface area (Å²) in [6, 6.07) is 6.56. The lowest BCUT2D eigenvalue weighted by atomic mass is 10.2. The number of carbonyl (C=O) groups excluding carboxylic acids is 1. The van der Waals surface area contributed by atoms with Crippen molar-refractivity contribution in [1.29, 1.82) is 0 Å². The van der Waals surface area contributed by atoms with Crippen LogP contribution in [0.1, 0.15) is 10.4 Å². The number of carbonyl (C=O) groups is 1. The summed E-state index contributed by atoms with van der Waals surface area (Å²) in [5, 5.41) is 2.99. The highest BCUT2D eigenvalue weighted by molar-refractivity contribution is 6.34. The molecule has 0 heterocycles. The van der Waals surface area contributed by atoms with Crippen molar-refractivity contribution in [3.63, 3.8) is 0 Å². The maximum Gasteiger partial charge on any atom is 0.257 e. The van der Waals surface area contributed by atoms with E-state index in [0.717, 1.165) is 12.1 Å². The van der Waals surface area contributed by atoms with Crippen molar-refractivity contribution in [3.8, 4) is 11.5 Å². The van der Waals surface area contributed by atoms with Crippen LogP contribution in [0.3, 0.4) is 0 Å². The lowest BCUT2D eigenvalue weighted by Gasteiger charge is -2.13. The smallest absolute Gasteiger partial charge is 0.257 e. The SMILES string of the molecule is COc1cc(NC(=O)c2ccc(F)cc2Cl)c(OC)cc1Cl. The molecule has 0 spiro atoms.